The maximum absolute atomic E-state index is 11.6. The van der Waals surface area contributed by atoms with Crippen molar-refractivity contribution in [1.29, 1.82) is 0 Å². The highest BCUT2D eigenvalue weighted by Gasteiger charge is 2.04. The molecule has 0 heterocycles. The Balaban J connectivity index is 2.07. The van der Waals surface area contributed by atoms with Crippen molar-refractivity contribution in [3.8, 4) is 5.75 Å². The molecule has 2 aromatic carbocycles. The van der Waals surface area contributed by atoms with Crippen LogP contribution >= 0.6 is 15.9 Å². The van der Waals surface area contributed by atoms with Gasteiger partial charge in [-0.25, -0.2) is 0 Å². The van der Waals surface area contributed by atoms with Crippen LogP contribution in [0, 0.1) is 6.92 Å². The lowest BCUT2D eigenvalue weighted by Crippen LogP contribution is -2.24. The number of amides is 1. The summed E-state index contributed by atoms with van der Waals surface area (Å²) in [5.74, 6) is 0.443. The summed E-state index contributed by atoms with van der Waals surface area (Å²) in [5, 5.41) is 11.3. The molecule has 0 aromatic heterocycles. The summed E-state index contributed by atoms with van der Waals surface area (Å²) >= 11 is 3.43. The lowest BCUT2D eigenvalue weighted by Gasteiger charge is -2.10. The van der Waals surface area contributed by atoms with E-state index in [0.717, 1.165) is 15.6 Å². The lowest BCUT2D eigenvalue weighted by molar-refractivity contribution is -0.116. The van der Waals surface area contributed by atoms with Crippen molar-refractivity contribution in [2.24, 2.45) is 0 Å². The van der Waals surface area contributed by atoms with Crippen LogP contribution in [0.4, 0.5) is 0 Å². The first-order valence-electron chi connectivity index (χ1n) is 7.63. The average molecular weight is 390 g/mol. The van der Waals surface area contributed by atoms with E-state index in [1.165, 1.54) is 11.6 Å². The number of aryl methyl sites for hydroxylation is 1. The Kier molecular flexibility index (Phi) is 7.03. The zero-order chi connectivity index (χ0) is 17.4. The van der Waals surface area contributed by atoms with E-state index in [4.69, 9.17) is 9.84 Å². The molecule has 1 amide bonds. The van der Waals surface area contributed by atoms with Gasteiger partial charge in [-0.2, -0.15) is 0 Å². The summed E-state index contributed by atoms with van der Waals surface area (Å²) in [7, 11) is 0. The van der Waals surface area contributed by atoms with Crippen LogP contribution in [0.15, 0.2) is 53.0 Å². The van der Waals surface area contributed by atoms with E-state index < -0.39 is 0 Å². The minimum Gasteiger partial charge on any atom is -0.488 e. The number of ether oxygens (including phenoxy) is 1. The Labute approximate surface area is 150 Å². The maximum Gasteiger partial charge on any atom is 0.244 e. The van der Waals surface area contributed by atoms with Gasteiger partial charge in [0.1, 0.15) is 12.4 Å². The van der Waals surface area contributed by atoms with E-state index in [-0.39, 0.29) is 19.1 Å². The van der Waals surface area contributed by atoms with Crippen LogP contribution in [0.5, 0.6) is 5.75 Å². The molecule has 0 radical (unpaired) electrons. The molecule has 0 aliphatic carbocycles. The van der Waals surface area contributed by atoms with Crippen LogP contribution in [0.3, 0.4) is 0 Å². The topological polar surface area (TPSA) is 58.6 Å². The van der Waals surface area contributed by atoms with Crippen molar-refractivity contribution in [2.45, 2.75) is 13.5 Å². The van der Waals surface area contributed by atoms with Crippen molar-refractivity contribution < 1.29 is 14.6 Å². The van der Waals surface area contributed by atoms with E-state index in [9.17, 15) is 4.79 Å². The first kappa shape index (κ1) is 18.2. The first-order chi connectivity index (χ1) is 11.6. The molecule has 0 atom stereocenters. The van der Waals surface area contributed by atoms with Crippen molar-refractivity contribution in [2.75, 3.05) is 13.2 Å². The summed E-state index contributed by atoms with van der Waals surface area (Å²) in [6.45, 7) is 2.66. The zero-order valence-electron chi connectivity index (χ0n) is 13.5. The first-order valence-corrected chi connectivity index (χ1v) is 8.42. The highest BCUT2D eigenvalue weighted by atomic mass is 79.9. The lowest BCUT2D eigenvalue weighted by atomic mass is 10.1. The quantitative estimate of drug-likeness (QED) is 0.712. The predicted octanol–water partition coefficient (Wildman–Crippen LogP) is 3.46. The average Bonchev–Trinajstić information content (AvgIpc) is 2.58. The fourth-order valence-electron chi connectivity index (χ4n) is 2.03. The zero-order valence-corrected chi connectivity index (χ0v) is 15.0. The largest absolute Gasteiger partial charge is 0.488 e. The smallest absolute Gasteiger partial charge is 0.244 e. The molecule has 2 N–H and O–H groups in total. The van der Waals surface area contributed by atoms with Gasteiger partial charge in [0.2, 0.25) is 5.91 Å². The summed E-state index contributed by atoms with van der Waals surface area (Å²) < 4.78 is 6.79. The number of aliphatic hydroxyl groups excluding tert-OH is 1. The van der Waals surface area contributed by atoms with Crippen LogP contribution in [0.2, 0.25) is 0 Å². The number of aliphatic hydroxyl groups is 1. The van der Waals surface area contributed by atoms with Gasteiger partial charge in [-0.3, -0.25) is 4.79 Å². The maximum atomic E-state index is 11.6. The molecule has 0 saturated heterocycles. The third-order valence-electron chi connectivity index (χ3n) is 3.31. The van der Waals surface area contributed by atoms with Gasteiger partial charge >= 0.3 is 0 Å². The van der Waals surface area contributed by atoms with E-state index in [0.29, 0.717) is 12.4 Å². The Bertz CT molecular complexity index is 711. The number of carbonyl (C=O) groups is 1. The van der Waals surface area contributed by atoms with Crippen LogP contribution < -0.4 is 10.1 Å². The Morgan fingerprint density at radius 1 is 1.25 bits per heavy atom. The molecule has 0 saturated carbocycles. The summed E-state index contributed by atoms with van der Waals surface area (Å²) in [5.41, 5.74) is 3.09. The minimum atomic E-state index is -0.256. The molecule has 0 fully saturated rings. The van der Waals surface area contributed by atoms with Crippen molar-refractivity contribution in [3.63, 3.8) is 0 Å². The van der Waals surface area contributed by atoms with Crippen molar-refractivity contribution in [3.05, 3.63) is 69.7 Å². The van der Waals surface area contributed by atoms with Crippen molar-refractivity contribution in [1.82, 2.24) is 5.32 Å². The molecule has 0 spiro atoms. The summed E-state index contributed by atoms with van der Waals surface area (Å²) in [6, 6.07) is 13.8. The minimum absolute atomic E-state index is 0.0820. The molecule has 0 unspecified atom stereocenters. The highest BCUT2D eigenvalue weighted by molar-refractivity contribution is 9.10. The molecule has 2 aromatic rings. The molecule has 24 heavy (non-hydrogen) atoms. The van der Waals surface area contributed by atoms with Gasteiger partial charge in [-0.1, -0.05) is 45.8 Å². The highest BCUT2D eigenvalue weighted by Crippen LogP contribution is 2.25. The number of nitrogens with one attached hydrogen (secondary N) is 1. The fourth-order valence-corrected chi connectivity index (χ4v) is 2.41. The van der Waals surface area contributed by atoms with Gasteiger partial charge in [-0.15, -0.1) is 0 Å². The van der Waals surface area contributed by atoms with Gasteiger partial charge in [0, 0.05) is 22.7 Å². The third-order valence-corrected chi connectivity index (χ3v) is 3.81. The summed E-state index contributed by atoms with van der Waals surface area (Å²) in [6.07, 6.45) is 3.12. The van der Waals surface area contributed by atoms with Gasteiger partial charge in [0.15, 0.2) is 0 Å². The van der Waals surface area contributed by atoms with Crippen LogP contribution in [0.25, 0.3) is 6.08 Å². The second-order valence-corrected chi connectivity index (χ2v) is 6.22. The number of halogens is 1. The van der Waals surface area contributed by atoms with Crippen molar-refractivity contribution >= 4 is 27.9 Å². The van der Waals surface area contributed by atoms with E-state index >= 15 is 0 Å². The van der Waals surface area contributed by atoms with E-state index in [2.05, 4.69) is 21.2 Å². The number of rotatable bonds is 7. The number of carbonyl (C=O) groups excluding carboxylic acids is 1. The van der Waals surface area contributed by atoms with Gasteiger partial charge in [0.05, 0.1) is 6.61 Å². The molecule has 5 heteroatoms. The molecule has 0 bridgehead atoms. The molecule has 126 valence electrons. The van der Waals surface area contributed by atoms with E-state index in [1.54, 1.807) is 6.08 Å². The number of hydrogen-bond donors (Lipinski definition) is 2. The molecule has 0 aliphatic rings. The second-order valence-electron chi connectivity index (χ2n) is 5.30. The standard InChI is InChI=1S/C19H20BrNO3/c1-14-2-4-15(5-3-14)13-24-18-8-7-17(20)12-16(18)6-9-19(23)21-10-11-22/h2-9,12,22H,10-11,13H2,1H3,(H,21,23)/b9-6+. The van der Waals surface area contributed by atoms with Crippen LogP contribution in [0.1, 0.15) is 16.7 Å². The predicted molar refractivity (Wildman–Crippen MR) is 98.8 cm³/mol. The molecule has 0 aliphatic heterocycles. The van der Waals surface area contributed by atoms with Crippen LogP contribution in [-0.4, -0.2) is 24.2 Å². The van der Waals surface area contributed by atoms with Crippen LogP contribution in [-0.2, 0) is 11.4 Å². The van der Waals surface area contributed by atoms with Gasteiger partial charge in [0.25, 0.3) is 0 Å². The molecular weight excluding hydrogens is 370 g/mol. The number of hydrogen-bond acceptors (Lipinski definition) is 3. The monoisotopic (exact) mass is 389 g/mol. The third kappa shape index (κ3) is 5.83. The van der Waals surface area contributed by atoms with Gasteiger partial charge in [-0.05, 0) is 36.8 Å². The summed E-state index contributed by atoms with van der Waals surface area (Å²) in [4.78, 5) is 11.6. The molecule has 2 rings (SSSR count). The van der Waals surface area contributed by atoms with Gasteiger partial charge < -0.3 is 15.2 Å². The molecular formula is C19H20BrNO3. The Morgan fingerprint density at radius 2 is 2.00 bits per heavy atom. The normalized spacial score (nSPS) is 10.8. The molecule has 4 nitrogen and oxygen atoms in total. The second kappa shape index (κ2) is 9.25. The SMILES string of the molecule is Cc1ccc(COc2ccc(Br)cc2/C=C/C(=O)NCCO)cc1. The fraction of sp³-hybridized carbons (Fsp3) is 0.211. The Morgan fingerprint density at radius 3 is 2.71 bits per heavy atom. The Hall–Kier alpha value is -2.11. The van der Waals surface area contributed by atoms with E-state index in [1.807, 2.05) is 49.4 Å². The number of benzene rings is 2.